The van der Waals surface area contributed by atoms with Gasteiger partial charge in [-0.05, 0) is 0 Å². The van der Waals surface area contributed by atoms with Crippen LogP contribution < -0.4 is 0 Å². The molecule has 0 aromatic rings. The van der Waals surface area contributed by atoms with Crippen molar-refractivity contribution in [3.63, 3.8) is 0 Å². The second kappa shape index (κ2) is 7.89. The Kier molecular flexibility index (Phi) is 8.16. The summed E-state index contributed by atoms with van der Waals surface area (Å²) >= 11 is -2.83. The first-order valence-electron chi connectivity index (χ1n) is 6.68. The van der Waals surface area contributed by atoms with E-state index in [2.05, 4.69) is 69.1 Å². The van der Waals surface area contributed by atoms with Crippen LogP contribution in [0.2, 0.25) is 0 Å². The molecule has 0 atom stereocenters. The van der Waals surface area contributed by atoms with Crippen molar-refractivity contribution in [2.45, 2.75) is 27.7 Å². The van der Waals surface area contributed by atoms with Crippen LogP contribution in [0.25, 0.3) is 0 Å². The topological polar surface area (TPSA) is 13.0 Å². The molecular weight excluding hydrogens is 381 g/mol. The monoisotopic (exact) mass is 413 g/mol. The quantitative estimate of drug-likeness (QED) is 0.600. The van der Waals surface area contributed by atoms with E-state index >= 15 is 0 Å². The van der Waals surface area contributed by atoms with Crippen molar-refractivity contribution in [1.29, 1.82) is 0 Å². The van der Waals surface area contributed by atoms with Gasteiger partial charge >= 0.3 is 113 Å². The first-order valence-corrected chi connectivity index (χ1v) is 12.4. The Balaban J connectivity index is 5.51. The molecule has 0 aromatic heterocycles. The van der Waals surface area contributed by atoms with E-state index in [4.69, 9.17) is 0 Å². The number of nitrogens with zero attached hydrogens (tertiary/aromatic N) is 4. The number of rotatable bonds is 8. The van der Waals surface area contributed by atoms with Crippen LogP contribution in [-0.4, -0.2) is 67.6 Å². The van der Waals surface area contributed by atoms with E-state index < -0.39 is 18.2 Å². The van der Waals surface area contributed by atoms with Gasteiger partial charge in [-0.1, -0.05) is 0 Å². The van der Waals surface area contributed by atoms with Crippen molar-refractivity contribution < 1.29 is 18.2 Å². The van der Waals surface area contributed by atoms with Gasteiger partial charge in [-0.3, -0.25) is 0 Å². The summed E-state index contributed by atoms with van der Waals surface area (Å²) in [6, 6.07) is 0. The molecule has 105 valence electrons. The van der Waals surface area contributed by atoms with E-state index in [1.54, 1.807) is 0 Å². The van der Waals surface area contributed by atoms with Gasteiger partial charge < -0.3 is 0 Å². The van der Waals surface area contributed by atoms with Crippen molar-refractivity contribution in [2.24, 2.45) is 0 Å². The molecule has 0 spiro atoms. The Hall–Kier alpha value is 0.580. The van der Waals surface area contributed by atoms with Crippen molar-refractivity contribution in [3.05, 3.63) is 0 Å². The first-order chi connectivity index (χ1) is 7.93. The number of hydrogen-bond donors (Lipinski definition) is 0. The van der Waals surface area contributed by atoms with E-state index in [-0.39, 0.29) is 0 Å². The third-order valence-electron chi connectivity index (χ3n) is 3.66. The third-order valence-corrected chi connectivity index (χ3v) is 20.9. The molecule has 0 unspecified atom stereocenters. The van der Waals surface area contributed by atoms with Gasteiger partial charge in [-0.15, -0.1) is 0 Å². The normalized spacial score (nSPS) is 13.4. The van der Waals surface area contributed by atoms with E-state index in [0.29, 0.717) is 0 Å². The van der Waals surface area contributed by atoms with Crippen LogP contribution in [0.15, 0.2) is 0 Å². The molecule has 0 N–H and O–H groups in total. The summed E-state index contributed by atoms with van der Waals surface area (Å²) in [4.78, 5) is 0. The van der Waals surface area contributed by atoms with Crippen LogP contribution in [0, 0.1) is 0 Å². The molecule has 0 radical (unpaired) electrons. The Bertz CT molecular complexity index is 167. The van der Waals surface area contributed by atoms with Gasteiger partial charge in [0, 0.05) is 0 Å². The Morgan fingerprint density at radius 3 is 0.824 bits per heavy atom. The van der Waals surface area contributed by atoms with Crippen LogP contribution in [0.3, 0.4) is 0 Å². The third kappa shape index (κ3) is 3.32. The molecule has 0 aromatic carbocycles. The first kappa shape index (κ1) is 17.6. The van der Waals surface area contributed by atoms with Crippen LogP contribution in [0.5, 0.6) is 0 Å². The van der Waals surface area contributed by atoms with Crippen molar-refractivity contribution in [3.8, 4) is 0 Å². The molecule has 0 rings (SSSR count). The van der Waals surface area contributed by atoms with Crippen LogP contribution in [0.1, 0.15) is 27.7 Å². The summed E-state index contributed by atoms with van der Waals surface area (Å²) in [5.74, 6) is 0. The molecule has 4 nitrogen and oxygen atoms in total. The molecular formula is C12H32N4Ta. The average molecular weight is 413 g/mol. The van der Waals surface area contributed by atoms with Gasteiger partial charge in [0.25, 0.3) is 0 Å². The minimum absolute atomic E-state index is 1.12. The second-order valence-corrected chi connectivity index (χ2v) is 18.1. The van der Waals surface area contributed by atoms with Crippen molar-refractivity contribution >= 4 is 0 Å². The van der Waals surface area contributed by atoms with E-state index in [1.807, 2.05) is 0 Å². The van der Waals surface area contributed by atoms with Crippen molar-refractivity contribution in [1.82, 2.24) is 13.2 Å². The minimum atomic E-state index is -2.83. The molecule has 0 aliphatic rings. The zero-order valence-corrected chi connectivity index (χ0v) is 16.3. The maximum absolute atomic E-state index is 2.83. The van der Waals surface area contributed by atoms with E-state index in [9.17, 15) is 0 Å². The number of hydrogen-bond acceptors (Lipinski definition) is 4. The average Bonchev–Trinajstić information content (AvgIpc) is 2.37. The van der Waals surface area contributed by atoms with Gasteiger partial charge in [0.05, 0.1) is 0 Å². The zero-order chi connectivity index (χ0) is 13.6. The van der Waals surface area contributed by atoms with Gasteiger partial charge in [0.15, 0.2) is 0 Å². The summed E-state index contributed by atoms with van der Waals surface area (Å²) in [6.07, 6.45) is 0. The standard InChI is InChI=1S/4C3H8N.Ta/c4*1-3-4-2;/h4*3H2,1-2H3;/q4*-1;+4. The molecule has 0 bridgehead atoms. The summed E-state index contributed by atoms with van der Waals surface area (Å²) in [7, 11) is 9.18. The van der Waals surface area contributed by atoms with E-state index in [1.165, 1.54) is 0 Å². The SMILES string of the molecule is CC[N](C)[Ta]([N](C)CC)([N](C)CC)[N](C)CC. The van der Waals surface area contributed by atoms with Crippen LogP contribution in [0.4, 0.5) is 0 Å². The fourth-order valence-corrected chi connectivity index (χ4v) is 19.0. The Morgan fingerprint density at radius 1 is 0.529 bits per heavy atom. The summed E-state index contributed by atoms with van der Waals surface area (Å²) in [6.45, 7) is 13.6. The maximum atomic E-state index is 2.62. The molecule has 0 heterocycles. The van der Waals surface area contributed by atoms with Gasteiger partial charge in [0.1, 0.15) is 0 Å². The second-order valence-electron chi connectivity index (χ2n) is 4.43. The molecule has 0 amide bonds. The molecule has 0 saturated heterocycles. The molecule has 17 heavy (non-hydrogen) atoms. The molecule has 0 saturated carbocycles. The molecule has 0 aliphatic heterocycles. The fraction of sp³-hybridized carbons (Fsp3) is 1.00. The Morgan fingerprint density at radius 2 is 0.706 bits per heavy atom. The molecule has 0 aliphatic carbocycles. The van der Waals surface area contributed by atoms with Gasteiger partial charge in [-0.25, -0.2) is 0 Å². The Labute approximate surface area is 113 Å². The summed E-state index contributed by atoms with van der Waals surface area (Å²) in [5.41, 5.74) is 0. The fourth-order valence-electron chi connectivity index (χ4n) is 2.32. The van der Waals surface area contributed by atoms with Gasteiger partial charge in [0.2, 0.25) is 0 Å². The summed E-state index contributed by atoms with van der Waals surface area (Å²) in [5, 5.41) is 0. The van der Waals surface area contributed by atoms with Crippen molar-refractivity contribution in [2.75, 3.05) is 54.4 Å². The van der Waals surface area contributed by atoms with Gasteiger partial charge in [-0.2, -0.15) is 0 Å². The molecule has 5 heteroatoms. The van der Waals surface area contributed by atoms with E-state index in [0.717, 1.165) is 26.2 Å². The van der Waals surface area contributed by atoms with Crippen LogP contribution in [-0.2, 0) is 18.2 Å². The summed E-state index contributed by atoms with van der Waals surface area (Å²) < 4.78 is 10.5. The predicted molar refractivity (Wildman–Crippen MR) is 73.2 cm³/mol. The zero-order valence-electron chi connectivity index (χ0n) is 13.1. The van der Waals surface area contributed by atoms with Crippen LogP contribution >= 0.6 is 0 Å². The predicted octanol–water partition coefficient (Wildman–Crippen LogP) is 1.61. The molecule has 0 fully saturated rings.